The van der Waals surface area contributed by atoms with E-state index >= 15 is 0 Å². The molecule has 6 nitrogen and oxygen atoms in total. The van der Waals surface area contributed by atoms with Crippen molar-refractivity contribution in [3.8, 4) is 0 Å². The minimum atomic E-state index is -6.16. The van der Waals surface area contributed by atoms with Crippen LogP contribution >= 0.6 is 0 Å². The fourth-order valence-corrected chi connectivity index (χ4v) is 5.41. The summed E-state index contributed by atoms with van der Waals surface area (Å²) in [6.45, 7) is 0. The van der Waals surface area contributed by atoms with Gasteiger partial charge in [-0.1, -0.05) is 60.8 Å². The van der Waals surface area contributed by atoms with Crippen LogP contribution in [0, 0.1) is 23.7 Å². The minimum absolute atomic E-state index is 0.490. The third kappa shape index (κ3) is 4.71. The number of hydrogen-bond acceptors (Lipinski definition) is 6. The third-order valence-electron chi connectivity index (χ3n) is 5.88. The highest BCUT2D eigenvalue weighted by Crippen LogP contribution is 2.51. The van der Waals surface area contributed by atoms with Crippen molar-refractivity contribution in [2.75, 3.05) is 0 Å². The summed E-state index contributed by atoms with van der Waals surface area (Å²) >= 11 is 0. The fraction of sp³-hybridized carbons (Fsp3) is 0.273. The topological polar surface area (TPSA) is 86.7 Å². The van der Waals surface area contributed by atoms with Crippen LogP contribution in [0.2, 0.25) is 0 Å². The molecule has 0 spiro atoms. The van der Waals surface area contributed by atoms with Crippen molar-refractivity contribution in [1.82, 2.24) is 0 Å². The van der Waals surface area contributed by atoms with Crippen molar-refractivity contribution in [2.45, 2.75) is 11.0 Å². The normalized spacial score (nSPS) is 27.8. The van der Waals surface area contributed by atoms with Crippen molar-refractivity contribution in [3.63, 3.8) is 0 Å². The highest BCUT2D eigenvalue weighted by molar-refractivity contribution is 7.88. The maximum Gasteiger partial charge on any atom is 0.534 e. The van der Waals surface area contributed by atoms with Crippen LogP contribution in [0.1, 0.15) is 0 Å². The van der Waals surface area contributed by atoms with Gasteiger partial charge in [-0.3, -0.25) is 0 Å². The van der Waals surface area contributed by atoms with Crippen LogP contribution in [0.15, 0.2) is 95.6 Å². The van der Waals surface area contributed by atoms with Crippen LogP contribution < -0.4 is 0 Å². The molecule has 0 fully saturated rings. The summed E-state index contributed by atoms with van der Waals surface area (Å²) in [4.78, 5) is 0. The van der Waals surface area contributed by atoms with Crippen molar-refractivity contribution in [3.05, 3.63) is 95.6 Å². The molecule has 36 heavy (non-hydrogen) atoms. The maximum atomic E-state index is 13.1. The van der Waals surface area contributed by atoms with Crippen LogP contribution in [0.25, 0.3) is 0 Å². The van der Waals surface area contributed by atoms with Gasteiger partial charge in [0.1, 0.15) is 11.5 Å². The summed E-state index contributed by atoms with van der Waals surface area (Å²) in [6, 6.07) is 0. The molecule has 0 saturated heterocycles. The number of rotatable bonds is 5. The molecule has 14 heteroatoms. The van der Waals surface area contributed by atoms with Gasteiger partial charge in [0.25, 0.3) is 0 Å². The van der Waals surface area contributed by atoms with E-state index in [9.17, 15) is 43.2 Å². The number of halogens is 6. The molecule has 0 radical (unpaired) electrons. The fourth-order valence-electron chi connectivity index (χ4n) is 4.38. The van der Waals surface area contributed by atoms with Gasteiger partial charge in [0.05, 0.1) is 0 Å². The van der Waals surface area contributed by atoms with Crippen LogP contribution in [-0.2, 0) is 28.6 Å². The molecule has 0 aromatic heterocycles. The average Bonchev–Trinajstić information content (AvgIpc) is 2.77. The lowest BCUT2D eigenvalue weighted by Crippen LogP contribution is -2.39. The zero-order chi connectivity index (χ0) is 26.5. The largest absolute Gasteiger partial charge is 0.534 e. The Bertz CT molecular complexity index is 1300. The summed E-state index contributed by atoms with van der Waals surface area (Å²) in [5, 5.41) is 0. The molecule has 0 N–H and O–H groups in total. The van der Waals surface area contributed by atoms with Gasteiger partial charge in [0.2, 0.25) is 0 Å². The van der Waals surface area contributed by atoms with E-state index in [0.717, 1.165) is 12.2 Å². The number of allylic oxidation sites excluding steroid dienone is 16. The molecule has 0 unspecified atom stereocenters. The van der Waals surface area contributed by atoms with E-state index in [2.05, 4.69) is 8.37 Å². The van der Waals surface area contributed by atoms with Gasteiger partial charge in [0.15, 0.2) is 0 Å². The zero-order valence-electron chi connectivity index (χ0n) is 17.8. The molecular weight excluding hydrogens is 538 g/mol. The van der Waals surface area contributed by atoms with E-state index in [0.29, 0.717) is 11.1 Å². The second-order valence-corrected chi connectivity index (χ2v) is 11.1. The number of hydrogen-bond donors (Lipinski definition) is 0. The first kappa shape index (κ1) is 26.1. The Labute approximate surface area is 202 Å². The molecule has 0 heterocycles. The Morgan fingerprint density at radius 1 is 0.583 bits per heavy atom. The van der Waals surface area contributed by atoms with Gasteiger partial charge < -0.3 is 8.37 Å². The molecule has 4 aliphatic carbocycles. The van der Waals surface area contributed by atoms with Crippen molar-refractivity contribution in [1.29, 1.82) is 0 Å². The quantitative estimate of drug-likeness (QED) is 0.268. The maximum absolute atomic E-state index is 13.1. The molecule has 0 bridgehead atoms. The highest BCUT2D eigenvalue weighted by Gasteiger charge is 2.54. The molecule has 194 valence electrons. The second kappa shape index (κ2) is 8.83. The van der Waals surface area contributed by atoms with Gasteiger partial charge in [-0.25, -0.2) is 0 Å². The molecule has 0 aliphatic heterocycles. The Balaban J connectivity index is 1.86. The number of alkyl halides is 6. The first-order chi connectivity index (χ1) is 16.6. The monoisotopic (exact) mass is 554 g/mol. The minimum Gasteiger partial charge on any atom is -0.380 e. The Hall–Kier alpha value is -3.00. The predicted molar refractivity (Wildman–Crippen MR) is 115 cm³/mol. The van der Waals surface area contributed by atoms with Crippen molar-refractivity contribution >= 4 is 20.2 Å². The molecule has 0 saturated carbocycles. The summed E-state index contributed by atoms with van der Waals surface area (Å²) in [5.74, 6) is -5.97. The van der Waals surface area contributed by atoms with Gasteiger partial charge in [-0.2, -0.15) is 43.2 Å². The molecular formula is C22H16F6O6S2. The standard InChI is InChI=1S/C22H16F6O6S2/c23-21(24,25)35(29,30)33-17-11-9-13-5-1-3-7-15(13)19(17)20-16-8-4-2-6-14(16)10-12-18(20)34-36(31,32)22(26,27)28/h1-12,15-16,19-20H/t15-,16-,19-,20+/m0/s1. The first-order valence-corrected chi connectivity index (χ1v) is 13.0. The van der Waals surface area contributed by atoms with E-state index in [1.165, 1.54) is 36.5 Å². The molecule has 0 aromatic rings. The van der Waals surface area contributed by atoms with E-state index in [-0.39, 0.29) is 0 Å². The summed E-state index contributed by atoms with van der Waals surface area (Å²) < 4.78 is 135. The molecule has 4 aliphatic rings. The number of fused-ring (bicyclic) bond motifs is 2. The lowest BCUT2D eigenvalue weighted by Gasteiger charge is -2.42. The summed E-state index contributed by atoms with van der Waals surface area (Å²) in [5.41, 5.74) is -10.6. The van der Waals surface area contributed by atoms with Gasteiger partial charge >= 0.3 is 31.3 Å². The van der Waals surface area contributed by atoms with Crippen LogP contribution in [-0.4, -0.2) is 27.9 Å². The van der Waals surface area contributed by atoms with Gasteiger partial charge in [-0.05, 0) is 23.3 Å². The van der Waals surface area contributed by atoms with E-state index in [1.54, 1.807) is 24.3 Å². The summed E-state index contributed by atoms with van der Waals surface area (Å²) in [6.07, 6.45) is 17.0. The SMILES string of the molecule is O=S(=O)(OC1=CC=C2C=CC=C[C@@H]2[C@H]1[C@@H]1C(OS(=O)(=O)C(F)(F)F)=CC=C2C=CC=C[C@@H]21)C(F)(F)F. The highest BCUT2D eigenvalue weighted by atomic mass is 32.2. The zero-order valence-corrected chi connectivity index (χ0v) is 19.4. The molecule has 0 aromatic carbocycles. The van der Waals surface area contributed by atoms with Crippen LogP contribution in [0.4, 0.5) is 26.3 Å². The lowest BCUT2D eigenvalue weighted by molar-refractivity contribution is -0.0546. The van der Waals surface area contributed by atoms with E-state index in [4.69, 9.17) is 0 Å². The van der Waals surface area contributed by atoms with Gasteiger partial charge in [-0.15, -0.1) is 0 Å². The van der Waals surface area contributed by atoms with Gasteiger partial charge in [0, 0.05) is 23.7 Å². The average molecular weight is 554 g/mol. The van der Waals surface area contributed by atoms with E-state index < -0.39 is 66.4 Å². The van der Waals surface area contributed by atoms with E-state index in [1.807, 2.05) is 0 Å². The molecule has 0 amide bonds. The Morgan fingerprint density at radius 2 is 0.944 bits per heavy atom. The lowest BCUT2D eigenvalue weighted by atomic mass is 9.64. The summed E-state index contributed by atoms with van der Waals surface area (Å²) in [7, 11) is -12.3. The smallest absolute Gasteiger partial charge is 0.380 e. The Kier molecular flexibility index (Phi) is 6.40. The van der Waals surface area contributed by atoms with Crippen molar-refractivity contribution < 1.29 is 51.5 Å². The second-order valence-electron chi connectivity index (χ2n) is 8.03. The Morgan fingerprint density at radius 3 is 1.28 bits per heavy atom. The van der Waals surface area contributed by atoms with Crippen molar-refractivity contribution in [2.24, 2.45) is 23.7 Å². The predicted octanol–water partition coefficient (Wildman–Crippen LogP) is 5.08. The third-order valence-corrected chi connectivity index (χ3v) is 7.84. The molecule has 4 atom stereocenters. The van der Waals surface area contributed by atoms with Crippen LogP contribution in [0.3, 0.4) is 0 Å². The molecule has 4 rings (SSSR count). The van der Waals surface area contributed by atoms with Crippen LogP contribution in [0.5, 0.6) is 0 Å². The first-order valence-electron chi connectivity index (χ1n) is 10.2.